The Hall–Kier alpha value is -2.14. The molecule has 0 amide bonds. The van der Waals surface area contributed by atoms with Crippen LogP contribution in [0.4, 0.5) is 11.4 Å². The van der Waals surface area contributed by atoms with Gasteiger partial charge in [0.05, 0.1) is 12.1 Å². The van der Waals surface area contributed by atoms with Gasteiger partial charge in [-0.05, 0) is 25.1 Å². The summed E-state index contributed by atoms with van der Waals surface area (Å²) < 4.78 is 0. The summed E-state index contributed by atoms with van der Waals surface area (Å²) in [6.45, 7) is 2.75. The summed E-state index contributed by atoms with van der Waals surface area (Å²) in [5, 5.41) is 5.53. The average molecular weight is 270 g/mol. The highest BCUT2D eigenvalue weighted by molar-refractivity contribution is 7.09. The van der Waals surface area contributed by atoms with Gasteiger partial charge in [0.2, 0.25) is 0 Å². The van der Waals surface area contributed by atoms with Gasteiger partial charge in [-0.1, -0.05) is 0 Å². The first-order chi connectivity index (χ1) is 9.24. The number of nitrogen functional groups attached to an aromatic ring is 1. The van der Waals surface area contributed by atoms with E-state index in [2.05, 4.69) is 21.4 Å². The molecule has 0 bridgehead atoms. The number of rotatable bonds is 3. The number of pyridine rings is 1. The van der Waals surface area contributed by atoms with Crippen LogP contribution in [0.3, 0.4) is 0 Å². The third-order valence-electron chi connectivity index (χ3n) is 3.01. The zero-order valence-electron chi connectivity index (χ0n) is 10.6. The van der Waals surface area contributed by atoms with Gasteiger partial charge in [-0.25, -0.2) is 0 Å². The molecule has 3 N–H and O–H groups in total. The molecule has 0 radical (unpaired) electrons. The fourth-order valence-electron chi connectivity index (χ4n) is 2.03. The van der Waals surface area contributed by atoms with Crippen molar-refractivity contribution in [1.82, 2.24) is 9.97 Å². The van der Waals surface area contributed by atoms with Gasteiger partial charge in [0.25, 0.3) is 0 Å². The maximum Gasteiger partial charge on any atom is 0.0794 e. The number of aryl methyl sites for hydroxylation is 1. The molecule has 4 nitrogen and oxygen atoms in total. The van der Waals surface area contributed by atoms with Crippen molar-refractivity contribution in [2.24, 2.45) is 0 Å². The van der Waals surface area contributed by atoms with Crippen molar-refractivity contribution in [3.8, 4) is 0 Å². The predicted octanol–water partition coefficient (Wildman–Crippen LogP) is 3.19. The van der Waals surface area contributed by atoms with Gasteiger partial charge in [-0.3, -0.25) is 9.97 Å². The first-order valence-corrected chi connectivity index (χ1v) is 6.88. The summed E-state index contributed by atoms with van der Waals surface area (Å²) in [5.41, 5.74) is 10.6. The molecule has 3 rings (SSSR count). The molecule has 0 spiro atoms. The van der Waals surface area contributed by atoms with Crippen LogP contribution < -0.4 is 11.1 Å². The van der Waals surface area contributed by atoms with Crippen LogP contribution in [0.5, 0.6) is 0 Å². The number of benzene rings is 1. The standard InChI is InChI=1S/C14H14N4S/c1-9-4-11-12(7-17-9)13(15)2-3-14(11)18-6-10-5-16-8-19-10/h2-5,7-8,18H,6,15H2,1H3. The summed E-state index contributed by atoms with van der Waals surface area (Å²) in [7, 11) is 0. The van der Waals surface area contributed by atoms with E-state index in [-0.39, 0.29) is 0 Å². The van der Waals surface area contributed by atoms with E-state index in [4.69, 9.17) is 5.73 Å². The van der Waals surface area contributed by atoms with Crippen LogP contribution in [0.1, 0.15) is 10.6 Å². The number of hydrogen-bond donors (Lipinski definition) is 2. The van der Waals surface area contributed by atoms with Gasteiger partial charge in [-0.2, -0.15) is 0 Å². The molecule has 19 heavy (non-hydrogen) atoms. The molecular formula is C14H14N4S. The molecule has 0 aliphatic heterocycles. The highest BCUT2D eigenvalue weighted by Gasteiger charge is 2.05. The van der Waals surface area contributed by atoms with Crippen LogP contribution >= 0.6 is 11.3 Å². The van der Waals surface area contributed by atoms with Crippen LogP contribution in [-0.4, -0.2) is 9.97 Å². The van der Waals surface area contributed by atoms with Gasteiger partial charge >= 0.3 is 0 Å². The van der Waals surface area contributed by atoms with Crippen LogP contribution in [0.25, 0.3) is 10.8 Å². The third-order valence-corrected chi connectivity index (χ3v) is 3.79. The topological polar surface area (TPSA) is 63.8 Å². The van der Waals surface area contributed by atoms with Crippen molar-refractivity contribution in [3.05, 3.63) is 46.7 Å². The van der Waals surface area contributed by atoms with E-state index >= 15 is 0 Å². The number of nitrogens with two attached hydrogens (primary N) is 1. The quantitative estimate of drug-likeness (QED) is 0.717. The second-order valence-electron chi connectivity index (χ2n) is 4.39. The van der Waals surface area contributed by atoms with Crippen LogP contribution in [0.2, 0.25) is 0 Å². The molecule has 0 aliphatic rings. The van der Waals surface area contributed by atoms with E-state index in [1.807, 2.05) is 37.0 Å². The summed E-state index contributed by atoms with van der Waals surface area (Å²) >= 11 is 1.64. The molecule has 0 aliphatic carbocycles. The highest BCUT2D eigenvalue weighted by Crippen LogP contribution is 2.28. The Kier molecular flexibility index (Phi) is 3.05. The van der Waals surface area contributed by atoms with Crippen molar-refractivity contribution in [1.29, 1.82) is 0 Å². The van der Waals surface area contributed by atoms with E-state index in [1.54, 1.807) is 11.3 Å². The molecule has 0 saturated carbocycles. The smallest absolute Gasteiger partial charge is 0.0794 e. The maximum atomic E-state index is 5.99. The number of fused-ring (bicyclic) bond motifs is 1. The fourth-order valence-corrected chi connectivity index (χ4v) is 2.57. The van der Waals surface area contributed by atoms with Crippen molar-refractivity contribution < 1.29 is 0 Å². The van der Waals surface area contributed by atoms with Crippen molar-refractivity contribution >= 4 is 33.5 Å². The van der Waals surface area contributed by atoms with E-state index in [0.717, 1.165) is 34.4 Å². The SMILES string of the molecule is Cc1cc2c(NCc3cncs3)ccc(N)c2cn1. The first-order valence-electron chi connectivity index (χ1n) is 6.00. The number of anilines is 2. The lowest BCUT2D eigenvalue weighted by Gasteiger charge is -2.11. The molecule has 96 valence electrons. The number of hydrogen-bond acceptors (Lipinski definition) is 5. The normalized spacial score (nSPS) is 10.8. The monoisotopic (exact) mass is 270 g/mol. The Morgan fingerprint density at radius 3 is 2.95 bits per heavy atom. The number of nitrogens with one attached hydrogen (secondary N) is 1. The molecule has 2 aromatic heterocycles. The molecule has 1 aromatic carbocycles. The molecule has 0 fully saturated rings. The first kappa shape index (κ1) is 11.9. The second-order valence-corrected chi connectivity index (χ2v) is 5.37. The van der Waals surface area contributed by atoms with Crippen LogP contribution in [0.15, 0.2) is 36.1 Å². The zero-order valence-corrected chi connectivity index (χ0v) is 11.4. The summed E-state index contributed by atoms with van der Waals surface area (Å²) in [6.07, 6.45) is 3.71. The zero-order chi connectivity index (χ0) is 13.2. The molecule has 5 heteroatoms. The lowest BCUT2D eigenvalue weighted by molar-refractivity contribution is 1.18. The average Bonchev–Trinajstić information content (AvgIpc) is 2.91. The van der Waals surface area contributed by atoms with Gasteiger partial charge in [-0.15, -0.1) is 11.3 Å². The van der Waals surface area contributed by atoms with E-state index < -0.39 is 0 Å². The Bertz CT molecular complexity index is 707. The third kappa shape index (κ3) is 2.37. The van der Waals surface area contributed by atoms with Crippen molar-refractivity contribution in [2.45, 2.75) is 13.5 Å². The molecule has 2 heterocycles. The Labute approximate surface area is 115 Å². The van der Waals surface area contributed by atoms with Gasteiger partial charge in [0.1, 0.15) is 0 Å². The van der Waals surface area contributed by atoms with E-state index in [0.29, 0.717) is 0 Å². The summed E-state index contributed by atoms with van der Waals surface area (Å²) in [4.78, 5) is 9.58. The minimum atomic E-state index is 0.755. The lowest BCUT2D eigenvalue weighted by atomic mass is 10.1. The maximum absolute atomic E-state index is 5.99. The highest BCUT2D eigenvalue weighted by atomic mass is 32.1. The largest absolute Gasteiger partial charge is 0.398 e. The number of nitrogens with zero attached hydrogens (tertiary/aromatic N) is 2. The summed E-state index contributed by atoms with van der Waals surface area (Å²) in [5.74, 6) is 0. The Morgan fingerprint density at radius 1 is 1.26 bits per heavy atom. The van der Waals surface area contributed by atoms with Crippen molar-refractivity contribution in [3.63, 3.8) is 0 Å². The Balaban J connectivity index is 1.98. The predicted molar refractivity (Wildman–Crippen MR) is 80.3 cm³/mol. The number of thiazole rings is 1. The van der Waals surface area contributed by atoms with Gasteiger partial charge in [0.15, 0.2) is 0 Å². The fraction of sp³-hybridized carbons (Fsp3) is 0.143. The summed E-state index contributed by atoms with van der Waals surface area (Å²) in [6, 6.07) is 5.98. The van der Waals surface area contributed by atoms with Crippen molar-refractivity contribution in [2.75, 3.05) is 11.1 Å². The van der Waals surface area contributed by atoms with Crippen LogP contribution in [-0.2, 0) is 6.54 Å². The van der Waals surface area contributed by atoms with Gasteiger partial charge in [0, 0.05) is 45.1 Å². The molecule has 0 saturated heterocycles. The van der Waals surface area contributed by atoms with Gasteiger partial charge < -0.3 is 11.1 Å². The number of aromatic nitrogens is 2. The second kappa shape index (κ2) is 4.85. The van der Waals surface area contributed by atoms with Crippen LogP contribution in [0, 0.1) is 6.92 Å². The molecular weight excluding hydrogens is 256 g/mol. The lowest BCUT2D eigenvalue weighted by Crippen LogP contribution is -2.00. The Morgan fingerprint density at radius 2 is 2.16 bits per heavy atom. The van der Waals surface area contributed by atoms with E-state index in [9.17, 15) is 0 Å². The van der Waals surface area contributed by atoms with E-state index in [1.165, 1.54) is 4.88 Å². The molecule has 0 unspecified atom stereocenters. The molecule has 0 atom stereocenters. The minimum absolute atomic E-state index is 0.755. The minimum Gasteiger partial charge on any atom is -0.398 e. The molecule has 3 aromatic rings.